The maximum atomic E-state index is 6.42. The Balaban J connectivity index is 1.50. The molecule has 7 nitrogen and oxygen atoms in total. The van der Waals surface area contributed by atoms with Crippen LogP contribution in [-0.2, 0) is 6.61 Å². The van der Waals surface area contributed by atoms with Crippen LogP contribution in [0.25, 0.3) is 10.9 Å². The van der Waals surface area contributed by atoms with Gasteiger partial charge in [0.25, 0.3) is 0 Å². The monoisotopic (exact) mass is 443 g/mol. The number of H-pyrrole nitrogens is 1. The zero-order valence-electron chi connectivity index (χ0n) is 15.9. The molecule has 0 spiro atoms. The first-order valence-electron chi connectivity index (χ1n) is 9.34. The smallest absolute Gasteiger partial charge is 0.242 e. The average Bonchev–Trinajstić information content (AvgIpc) is 3.18. The molecule has 0 aliphatic heterocycles. The third kappa shape index (κ3) is 4.75. The Morgan fingerprint density at radius 1 is 1.10 bits per heavy atom. The number of ether oxygens (including phenoxy) is 2. The summed E-state index contributed by atoms with van der Waals surface area (Å²) >= 11 is 12.1. The number of nitrogens with zero attached hydrogens (tertiary/aromatic N) is 3. The number of hydrogen-bond acceptors (Lipinski definition) is 6. The van der Waals surface area contributed by atoms with Crippen molar-refractivity contribution >= 4 is 45.5 Å². The molecule has 0 bridgehead atoms. The molecule has 154 valence electrons. The summed E-state index contributed by atoms with van der Waals surface area (Å²) in [5.74, 6) is 1.61. The van der Waals surface area contributed by atoms with Gasteiger partial charge in [0.1, 0.15) is 12.4 Å². The number of benzene rings is 1. The highest BCUT2D eigenvalue weighted by Crippen LogP contribution is 2.34. The lowest BCUT2D eigenvalue weighted by molar-refractivity contribution is 0.301. The lowest BCUT2D eigenvalue weighted by Crippen LogP contribution is -2.00. The number of nitrogens with one attached hydrogen (secondary N) is 2. The second kappa shape index (κ2) is 9.65. The number of aromatic nitrogens is 4. The standard InChI is InChI=1S/C21H19Cl2N5O2/c22-7-3-9-29-21-20-17(11-24-12-18(20)27-28-21)26-14-5-6-19(16(23)10-14)30-13-15-4-1-2-8-25-15/h1-2,4-6,8,10-12,26H,3,7,9,13H2,(H,27,28). The third-order valence-corrected chi connectivity index (χ3v) is 4.83. The Hall–Kier alpha value is -3.03. The van der Waals surface area contributed by atoms with Gasteiger partial charge in [-0.2, -0.15) is 0 Å². The normalized spacial score (nSPS) is 10.9. The second-order valence-corrected chi connectivity index (χ2v) is 7.19. The van der Waals surface area contributed by atoms with E-state index in [-0.39, 0.29) is 0 Å². The zero-order chi connectivity index (χ0) is 20.8. The predicted molar refractivity (Wildman–Crippen MR) is 118 cm³/mol. The van der Waals surface area contributed by atoms with E-state index in [0.717, 1.165) is 34.4 Å². The predicted octanol–water partition coefficient (Wildman–Crippen LogP) is 5.34. The topological polar surface area (TPSA) is 85.0 Å². The Morgan fingerprint density at radius 2 is 2.03 bits per heavy atom. The molecule has 0 aliphatic carbocycles. The van der Waals surface area contributed by atoms with Crippen LogP contribution in [-0.4, -0.2) is 32.7 Å². The van der Waals surface area contributed by atoms with E-state index in [1.807, 2.05) is 30.3 Å². The van der Waals surface area contributed by atoms with E-state index in [1.165, 1.54) is 0 Å². The molecule has 4 aromatic rings. The van der Waals surface area contributed by atoms with Gasteiger partial charge in [0.05, 0.1) is 46.3 Å². The summed E-state index contributed by atoms with van der Waals surface area (Å²) in [6.45, 7) is 0.827. The minimum absolute atomic E-state index is 0.342. The molecule has 0 atom stereocenters. The van der Waals surface area contributed by atoms with Gasteiger partial charge in [-0.3, -0.25) is 15.1 Å². The van der Waals surface area contributed by atoms with Crippen LogP contribution in [0.5, 0.6) is 11.6 Å². The highest BCUT2D eigenvalue weighted by atomic mass is 35.5. The van der Waals surface area contributed by atoms with Crippen molar-refractivity contribution in [2.24, 2.45) is 0 Å². The Kier molecular flexibility index (Phi) is 6.51. The molecule has 1 aromatic carbocycles. The van der Waals surface area contributed by atoms with Gasteiger partial charge in [0.15, 0.2) is 0 Å². The molecular weight excluding hydrogens is 425 g/mol. The van der Waals surface area contributed by atoms with E-state index in [1.54, 1.807) is 24.7 Å². The van der Waals surface area contributed by atoms with Crippen LogP contribution >= 0.6 is 23.2 Å². The maximum Gasteiger partial charge on any atom is 0.242 e. The van der Waals surface area contributed by atoms with Gasteiger partial charge in [-0.25, -0.2) is 0 Å². The largest absolute Gasteiger partial charge is 0.486 e. The Labute approximate surface area is 183 Å². The number of alkyl halides is 1. The first-order valence-corrected chi connectivity index (χ1v) is 10.3. The van der Waals surface area contributed by atoms with Crippen molar-refractivity contribution < 1.29 is 9.47 Å². The van der Waals surface area contributed by atoms with Crippen LogP contribution in [0.4, 0.5) is 11.4 Å². The van der Waals surface area contributed by atoms with Crippen molar-refractivity contribution in [1.82, 2.24) is 20.2 Å². The van der Waals surface area contributed by atoms with Crippen LogP contribution in [0, 0.1) is 0 Å². The fourth-order valence-corrected chi connectivity index (χ4v) is 3.20. The molecule has 0 unspecified atom stereocenters. The van der Waals surface area contributed by atoms with Gasteiger partial charge in [0.2, 0.25) is 5.88 Å². The van der Waals surface area contributed by atoms with Crippen LogP contribution in [0.2, 0.25) is 5.02 Å². The molecule has 4 rings (SSSR count). The van der Waals surface area contributed by atoms with E-state index in [9.17, 15) is 0 Å². The van der Waals surface area contributed by atoms with Crippen molar-refractivity contribution in [3.05, 3.63) is 65.7 Å². The molecule has 0 fully saturated rings. The van der Waals surface area contributed by atoms with Crippen molar-refractivity contribution in [2.45, 2.75) is 13.0 Å². The fraction of sp³-hybridized carbons (Fsp3) is 0.190. The summed E-state index contributed by atoms with van der Waals surface area (Å²) in [5.41, 5.74) is 3.13. The van der Waals surface area contributed by atoms with E-state index < -0.39 is 0 Å². The first kappa shape index (κ1) is 20.3. The molecule has 2 N–H and O–H groups in total. The van der Waals surface area contributed by atoms with Gasteiger partial charge in [-0.15, -0.1) is 16.7 Å². The van der Waals surface area contributed by atoms with Crippen molar-refractivity contribution in [3.8, 4) is 11.6 Å². The Bertz CT molecular complexity index is 1120. The number of halogens is 2. The third-order valence-electron chi connectivity index (χ3n) is 4.27. The molecule has 3 aromatic heterocycles. The molecular formula is C21H19Cl2N5O2. The fourth-order valence-electron chi connectivity index (χ4n) is 2.85. The highest BCUT2D eigenvalue weighted by Gasteiger charge is 2.13. The van der Waals surface area contributed by atoms with Gasteiger partial charge < -0.3 is 14.8 Å². The van der Waals surface area contributed by atoms with E-state index in [2.05, 4.69) is 25.5 Å². The van der Waals surface area contributed by atoms with Gasteiger partial charge in [-0.05, 0) is 36.8 Å². The van der Waals surface area contributed by atoms with Crippen LogP contribution < -0.4 is 14.8 Å². The summed E-state index contributed by atoms with van der Waals surface area (Å²) in [4.78, 5) is 8.49. The number of rotatable bonds is 9. The second-order valence-electron chi connectivity index (χ2n) is 6.41. The molecule has 0 radical (unpaired) electrons. The molecule has 0 aliphatic rings. The molecule has 0 amide bonds. The zero-order valence-corrected chi connectivity index (χ0v) is 17.5. The summed E-state index contributed by atoms with van der Waals surface area (Å²) in [7, 11) is 0. The maximum absolute atomic E-state index is 6.42. The summed E-state index contributed by atoms with van der Waals surface area (Å²) in [6, 6.07) is 11.2. The van der Waals surface area contributed by atoms with Crippen LogP contribution in [0.15, 0.2) is 55.0 Å². The van der Waals surface area contributed by atoms with E-state index in [0.29, 0.717) is 35.7 Å². The number of pyridine rings is 2. The van der Waals surface area contributed by atoms with Crippen molar-refractivity contribution in [2.75, 3.05) is 17.8 Å². The molecule has 0 saturated heterocycles. The van der Waals surface area contributed by atoms with E-state index in [4.69, 9.17) is 32.7 Å². The van der Waals surface area contributed by atoms with Gasteiger partial charge in [-0.1, -0.05) is 17.7 Å². The number of fused-ring (bicyclic) bond motifs is 1. The number of hydrogen-bond donors (Lipinski definition) is 2. The quantitative estimate of drug-likeness (QED) is 0.268. The highest BCUT2D eigenvalue weighted by molar-refractivity contribution is 6.32. The van der Waals surface area contributed by atoms with Gasteiger partial charge >= 0.3 is 0 Å². The Morgan fingerprint density at radius 3 is 2.83 bits per heavy atom. The van der Waals surface area contributed by atoms with Crippen LogP contribution in [0.1, 0.15) is 12.1 Å². The van der Waals surface area contributed by atoms with Crippen molar-refractivity contribution in [3.63, 3.8) is 0 Å². The first-order chi connectivity index (χ1) is 14.7. The average molecular weight is 444 g/mol. The molecule has 9 heteroatoms. The molecule has 3 heterocycles. The minimum Gasteiger partial charge on any atom is -0.486 e. The summed E-state index contributed by atoms with van der Waals surface area (Å²) in [5, 5.41) is 11.8. The molecule has 30 heavy (non-hydrogen) atoms. The number of aromatic amines is 1. The van der Waals surface area contributed by atoms with E-state index >= 15 is 0 Å². The lowest BCUT2D eigenvalue weighted by Gasteiger charge is -2.12. The lowest BCUT2D eigenvalue weighted by atomic mass is 10.2. The SMILES string of the molecule is ClCCCOc1n[nH]c2cncc(Nc3ccc(OCc4ccccn4)c(Cl)c3)c12. The summed E-state index contributed by atoms with van der Waals surface area (Å²) in [6.07, 6.45) is 5.87. The number of anilines is 2. The van der Waals surface area contributed by atoms with Gasteiger partial charge in [0, 0.05) is 17.8 Å². The molecule has 0 saturated carbocycles. The minimum atomic E-state index is 0.342. The van der Waals surface area contributed by atoms with Crippen LogP contribution in [0.3, 0.4) is 0 Å². The van der Waals surface area contributed by atoms with Crippen molar-refractivity contribution in [1.29, 1.82) is 0 Å². The summed E-state index contributed by atoms with van der Waals surface area (Å²) < 4.78 is 11.5.